The van der Waals surface area contributed by atoms with Gasteiger partial charge in [0.05, 0.1) is 5.56 Å². The lowest BCUT2D eigenvalue weighted by molar-refractivity contribution is 0.103. The number of carbonyl (C=O) groups is 1. The van der Waals surface area contributed by atoms with Crippen LogP contribution in [0.5, 0.6) is 0 Å². The molecule has 0 fully saturated rings. The van der Waals surface area contributed by atoms with Gasteiger partial charge in [-0.15, -0.1) is 0 Å². The maximum Gasteiger partial charge on any atom is 0.196 e. The molecule has 0 aliphatic heterocycles. The third kappa shape index (κ3) is 2.04. The molecule has 0 saturated carbocycles. The number of benzene rings is 1. The molecule has 2 rings (SSSR count). The Morgan fingerprint density at radius 1 is 1.12 bits per heavy atom. The normalized spacial score (nSPS) is 10.1. The van der Waals surface area contributed by atoms with Gasteiger partial charge in [-0.25, -0.2) is 4.98 Å². The summed E-state index contributed by atoms with van der Waals surface area (Å²) in [5.41, 5.74) is 2.29. The van der Waals surface area contributed by atoms with Crippen LogP contribution in [0, 0.1) is 6.92 Å². The Balaban J connectivity index is 2.48. The molecular weight excluding hydrogens is 266 g/mol. The topological polar surface area (TPSA) is 30.0 Å². The highest BCUT2D eigenvalue weighted by molar-refractivity contribution is 9.10. The number of halogens is 1. The summed E-state index contributed by atoms with van der Waals surface area (Å²) in [5, 5.41) is 0. The summed E-state index contributed by atoms with van der Waals surface area (Å²) in [4.78, 5) is 16.3. The van der Waals surface area contributed by atoms with Crippen molar-refractivity contribution >= 4 is 21.7 Å². The molecular formula is C13H10BrNO. The predicted molar refractivity (Wildman–Crippen MR) is 66.5 cm³/mol. The number of aromatic nitrogens is 1. The fraction of sp³-hybridized carbons (Fsp3) is 0.0769. The van der Waals surface area contributed by atoms with Crippen LogP contribution in [0.3, 0.4) is 0 Å². The van der Waals surface area contributed by atoms with E-state index in [2.05, 4.69) is 20.9 Å². The quantitative estimate of drug-likeness (QED) is 0.621. The highest BCUT2D eigenvalue weighted by atomic mass is 79.9. The van der Waals surface area contributed by atoms with Crippen LogP contribution in [0.25, 0.3) is 0 Å². The van der Waals surface area contributed by atoms with Crippen LogP contribution in [-0.4, -0.2) is 10.8 Å². The zero-order valence-corrected chi connectivity index (χ0v) is 10.4. The highest BCUT2D eigenvalue weighted by Crippen LogP contribution is 2.19. The maximum atomic E-state index is 12.2. The molecule has 0 N–H and O–H groups in total. The number of aryl methyl sites for hydroxylation is 1. The van der Waals surface area contributed by atoms with Gasteiger partial charge in [-0.2, -0.15) is 0 Å². The molecule has 0 unspecified atom stereocenters. The van der Waals surface area contributed by atoms with Gasteiger partial charge in [-0.05, 0) is 40.5 Å². The van der Waals surface area contributed by atoms with Crippen molar-refractivity contribution < 1.29 is 4.79 Å². The van der Waals surface area contributed by atoms with Crippen LogP contribution in [0.1, 0.15) is 21.5 Å². The van der Waals surface area contributed by atoms with E-state index in [-0.39, 0.29) is 5.78 Å². The maximum absolute atomic E-state index is 12.2. The average Bonchev–Trinajstić information content (AvgIpc) is 2.29. The second-order valence-electron chi connectivity index (χ2n) is 3.49. The zero-order chi connectivity index (χ0) is 11.5. The largest absolute Gasteiger partial charge is 0.288 e. The number of pyridine rings is 1. The number of hydrogen-bond donors (Lipinski definition) is 0. The van der Waals surface area contributed by atoms with Crippen molar-refractivity contribution in [3.63, 3.8) is 0 Å². The second kappa shape index (κ2) is 4.58. The molecule has 1 aromatic heterocycles. The summed E-state index contributed by atoms with van der Waals surface area (Å²) in [5.74, 6) is -0.00178. The van der Waals surface area contributed by atoms with E-state index in [1.807, 2.05) is 31.2 Å². The van der Waals surface area contributed by atoms with E-state index in [4.69, 9.17) is 0 Å². The molecule has 0 spiro atoms. The lowest BCUT2D eigenvalue weighted by Gasteiger charge is -2.05. The highest BCUT2D eigenvalue weighted by Gasteiger charge is 2.14. The van der Waals surface area contributed by atoms with Crippen LogP contribution < -0.4 is 0 Å². The summed E-state index contributed by atoms with van der Waals surface area (Å²) >= 11 is 3.29. The molecule has 0 atom stereocenters. The van der Waals surface area contributed by atoms with Gasteiger partial charge in [0.1, 0.15) is 4.60 Å². The van der Waals surface area contributed by atoms with Crippen LogP contribution in [0.15, 0.2) is 47.2 Å². The Bertz CT molecular complexity index is 489. The predicted octanol–water partition coefficient (Wildman–Crippen LogP) is 3.38. The molecule has 0 aliphatic rings. The monoisotopic (exact) mass is 275 g/mol. The Morgan fingerprint density at radius 2 is 1.81 bits per heavy atom. The molecule has 0 radical (unpaired) electrons. The number of nitrogens with zero attached hydrogens (tertiary/aromatic N) is 1. The molecule has 0 saturated heterocycles. The first-order valence-corrected chi connectivity index (χ1v) is 5.70. The Hall–Kier alpha value is -1.48. The molecule has 80 valence electrons. The van der Waals surface area contributed by atoms with Gasteiger partial charge in [0, 0.05) is 11.8 Å². The first kappa shape index (κ1) is 11.0. The number of carbonyl (C=O) groups excluding carboxylic acids is 1. The van der Waals surface area contributed by atoms with Crippen LogP contribution in [0.4, 0.5) is 0 Å². The molecule has 2 aromatic rings. The van der Waals surface area contributed by atoms with Crippen LogP contribution in [-0.2, 0) is 0 Å². The smallest absolute Gasteiger partial charge is 0.196 e. The molecule has 3 heteroatoms. The molecule has 1 heterocycles. The van der Waals surface area contributed by atoms with Gasteiger partial charge < -0.3 is 0 Å². The van der Waals surface area contributed by atoms with E-state index in [0.29, 0.717) is 10.2 Å². The van der Waals surface area contributed by atoms with Crippen molar-refractivity contribution in [1.29, 1.82) is 0 Å². The van der Waals surface area contributed by atoms with Crippen LogP contribution >= 0.6 is 15.9 Å². The first-order chi connectivity index (χ1) is 7.70. The minimum Gasteiger partial charge on any atom is -0.288 e. The molecule has 0 bridgehead atoms. The third-order valence-electron chi connectivity index (χ3n) is 2.39. The van der Waals surface area contributed by atoms with Crippen molar-refractivity contribution in [3.05, 3.63) is 63.9 Å². The minimum atomic E-state index is -0.00178. The van der Waals surface area contributed by atoms with Gasteiger partial charge >= 0.3 is 0 Å². The number of rotatable bonds is 2. The molecule has 16 heavy (non-hydrogen) atoms. The van der Waals surface area contributed by atoms with E-state index < -0.39 is 0 Å². The van der Waals surface area contributed by atoms with Gasteiger partial charge in [0.25, 0.3) is 0 Å². The molecule has 1 aromatic carbocycles. The number of hydrogen-bond acceptors (Lipinski definition) is 2. The van der Waals surface area contributed by atoms with Crippen molar-refractivity contribution in [3.8, 4) is 0 Å². The fourth-order valence-corrected chi connectivity index (χ4v) is 1.96. The van der Waals surface area contributed by atoms with Crippen molar-refractivity contribution in [2.24, 2.45) is 0 Å². The molecule has 0 amide bonds. The van der Waals surface area contributed by atoms with Gasteiger partial charge in [0.15, 0.2) is 5.78 Å². The summed E-state index contributed by atoms with van der Waals surface area (Å²) < 4.78 is 0.586. The van der Waals surface area contributed by atoms with Crippen LogP contribution in [0.2, 0.25) is 0 Å². The van der Waals surface area contributed by atoms with Gasteiger partial charge in [0.2, 0.25) is 0 Å². The second-order valence-corrected chi connectivity index (χ2v) is 4.24. The third-order valence-corrected chi connectivity index (χ3v) is 3.03. The van der Waals surface area contributed by atoms with E-state index in [0.717, 1.165) is 11.1 Å². The van der Waals surface area contributed by atoms with E-state index in [1.165, 1.54) is 0 Å². The lowest BCUT2D eigenvalue weighted by atomic mass is 10.0. The fourth-order valence-electron chi connectivity index (χ4n) is 1.53. The Labute approximate surface area is 102 Å². The minimum absolute atomic E-state index is 0.00178. The van der Waals surface area contributed by atoms with E-state index >= 15 is 0 Å². The Kier molecular flexibility index (Phi) is 3.15. The first-order valence-electron chi connectivity index (χ1n) is 4.91. The summed E-state index contributed by atoms with van der Waals surface area (Å²) in [6.45, 7) is 1.93. The SMILES string of the molecule is Cc1ccccc1C(=O)c1cccnc1Br. The Morgan fingerprint density at radius 3 is 2.50 bits per heavy atom. The average molecular weight is 276 g/mol. The molecule has 2 nitrogen and oxygen atoms in total. The molecule has 0 aliphatic carbocycles. The lowest BCUT2D eigenvalue weighted by Crippen LogP contribution is -2.04. The summed E-state index contributed by atoms with van der Waals surface area (Å²) in [6, 6.07) is 11.1. The van der Waals surface area contributed by atoms with E-state index in [1.54, 1.807) is 18.3 Å². The van der Waals surface area contributed by atoms with Gasteiger partial charge in [-0.1, -0.05) is 24.3 Å². The van der Waals surface area contributed by atoms with Crippen molar-refractivity contribution in [1.82, 2.24) is 4.98 Å². The number of ketones is 1. The summed E-state index contributed by atoms with van der Waals surface area (Å²) in [6.07, 6.45) is 1.65. The van der Waals surface area contributed by atoms with E-state index in [9.17, 15) is 4.79 Å². The van der Waals surface area contributed by atoms with Crippen molar-refractivity contribution in [2.75, 3.05) is 0 Å². The van der Waals surface area contributed by atoms with Gasteiger partial charge in [-0.3, -0.25) is 4.79 Å². The van der Waals surface area contributed by atoms with Crippen molar-refractivity contribution in [2.45, 2.75) is 6.92 Å². The zero-order valence-electron chi connectivity index (χ0n) is 8.77. The summed E-state index contributed by atoms with van der Waals surface area (Å²) in [7, 11) is 0. The standard InChI is InChI=1S/C13H10BrNO/c1-9-5-2-3-6-10(9)12(16)11-7-4-8-15-13(11)14/h2-8H,1H3.